The highest BCUT2D eigenvalue weighted by atomic mass is 32.2. The van der Waals surface area contributed by atoms with Gasteiger partial charge in [-0.05, 0) is 61.7 Å². The van der Waals surface area contributed by atoms with Gasteiger partial charge in [-0.2, -0.15) is 0 Å². The molecule has 2 aromatic carbocycles. The lowest BCUT2D eigenvalue weighted by Gasteiger charge is -2.24. The number of sulfonamides is 1. The zero-order chi connectivity index (χ0) is 19.0. The van der Waals surface area contributed by atoms with Gasteiger partial charge in [-0.3, -0.25) is 4.72 Å². The molecule has 1 aliphatic heterocycles. The first-order valence-electron chi connectivity index (χ1n) is 8.87. The van der Waals surface area contributed by atoms with Crippen LogP contribution in [0.4, 0.5) is 17.2 Å². The molecule has 1 atom stereocenters. The van der Waals surface area contributed by atoms with E-state index >= 15 is 0 Å². The third-order valence-corrected chi connectivity index (χ3v) is 6.12. The molecular formula is C21H21N3O2S. The second-order valence-electron chi connectivity index (χ2n) is 6.88. The molecule has 6 heteroatoms. The van der Waals surface area contributed by atoms with Gasteiger partial charge in [0, 0.05) is 11.7 Å². The van der Waals surface area contributed by atoms with Crippen LogP contribution in [0.1, 0.15) is 18.1 Å². The number of rotatable bonds is 4. The van der Waals surface area contributed by atoms with Crippen LogP contribution in [0.5, 0.6) is 0 Å². The summed E-state index contributed by atoms with van der Waals surface area (Å²) in [6.45, 7) is 4.04. The Morgan fingerprint density at radius 2 is 1.89 bits per heavy atom. The summed E-state index contributed by atoms with van der Waals surface area (Å²) in [4.78, 5) is 6.80. The summed E-state index contributed by atoms with van der Waals surface area (Å²) in [6.07, 6.45) is 2.70. The molecule has 0 spiro atoms. The van der Waals surface area contributed by atoms with Gasteiger partial charge < -0.3 is 4.90 Å². The molecule has 0 saturated carbocycles. The Morgan fingerprint density at radius 3 is 2.63 bits per heavy atom. The number of nitrogens with one attached hydrogen (secondary N) is 1. The topological polar surface area (TPSA) is 62.3 Å². The second-order valence-corrected chi connectivity index (χ2v) is 8.56. The van der Waals surface area contributed by atoms with E-state index in [-0.39, 0.29) is 4.90 Å². The van der Waals surface area contributed by atoms with E-state index in [1.54, 1.807) is 30.5 Å². The Balaban J connectivity index is 1.58. The lowest BCUT2D eigenvalue weighted by molar-refractivity contribution is 0.601. The fourth-order valence-electron chi connectivity index (χ4n) is 3.53. The molecule has 0 bridgehead atoms. The van der Waals surface area contributed by atoms with E-state index in [1.807, 2.05) is 25.1 Å². The first kappa shape index (κ1) is 17.5. The maximum Gasteiger partial charge on any atom is 0.263 e. The van der Waals surface area contributed by atoms with Gasteiger partial charge in [0.25, 0.3) is 10.0 Å². The van der Waals surface area contributed by atoms with Gasteiger partial charge in [-0.15, -0.1) is 0 Å². The molecule has 2 heterocycles. The van der Waals surface area contributed by atoms with Gasteiger partial charge in [-0.25, -0.2) is 13.4 Å². The van der Waals surface area contributed by atoms with E-state index in [1.165, 1.54) is 11.3 Å². The smallest absolute Gasteiger partial charge is 0.263 e. The van der Waals surface area contributed by atoms with E-state index in [2.05, 4.69) is 39.7 Å². The van der Waals surface area contributed by atoms with E-state index in [0.29, 0.717) is 11.9 Å². The summed E-state index contributed by atoms with van der Waals surface area (Å²) < 4.78 is 27.7. The first-order chi connectivity index (χ1) is 12.9. The molecule has 0 saturated heterocycles. The SMILES string of the molecule is Cc1cccc(S(=O)(=O)Nc2ccc(N3c4ccccc4CC3C)cn2)c1. The standard InChI is InChI=1S/C21H21N3O2S/c1-15-6-5-8-19(12-15)27(25,26)23-21-11-10-18(14-22-21)24-16(2)13-17-7-3-4-9-20(17)24/h3-12,14,16H,13H2,1-2H3,(H,22,23). The molecule has 3 aromatic rings. The summed E-state index contributed by atoms with van der Waals surface area (Å²) in [5, 5.41) is 0. The largest absolute Gasteiger partial charge is 0.337 e. The summed E-state index contributed by atoms with van der Waals surface area (Å²) in [5.41, 5.74) is 4.34. The molecule has 1 N–H and O–H groups in total. The molecule has 1 aromatic heterocycles. The van der Waals surface area contributed by atoms with Crippen molar-refractivity contribution in [3.8, 4) is 0 Å². The molecule has 27 heavy (non-hydrogen) atoms. The Kier molecular flexibility index (Phi) is 4.36. The van der Waals surface area contributed by atoms with Gasteiger partial charge in [0.15, 0.2) is 0 Å². The number of aromatic nitrogens is 1. The maximum atomic E-state index is 12.5. The quantitative estimate of drug-likeness (QED) is 0.735. The Hall–Kier alpha value is -2.86. The highest BCUT2D eigenvalue weighted by Gasteiger charge is 2.27. The van der Waals surface area contributed by atoms with Crippen LogP contribution in [0.15, 0.2) is 71.8 Å². The Labute approximate surface area is 159 Å². The van der Waals surface area contributed by atoms with Gasteiger partial charge in [0.2, 0.25) is 0 Å². The van der Waals surface area contributed by atoms with Crippen molar-refractivity contribution in [3.05, 3.63) is 78.0 Å². The van der Waals surface area contributed by atoms with Gasteiger partial charge in [0.05, 0.1) is 16.8 Å². The Morgan fingerprint density at radius 1 is 1.07 bits per heavy atom. The van der Waals surface area contributed by atoms with Crippen LogP contribution in [0.3, 0.4) is 0 Å². The number of para-hydroxylation sites is 1. The fourth-order valence-corrected chi connectivity index (χ4v) is 4.64. The number of aryl methyl sites for hydroxylation is 1. The Bertz CT molecular complexity index is 1080. The summed E-state index contributed by atoms with van der Waals surface area (Å²) in [7, 11) is -3.65. The minimum Gasteiger partial charge on any atom is -0.337 e. The van der Waals surface area contributed by atoms with Crippen LogP contribution in [0.25, 0.3) is 0 Å². The summed E-state index contributed by atoms with van der Waals surface area (Å²) in [5.74, 6) is 0.306. The van der Waals surface area contributed by atoms with E-state index in [9.17, 15) is 8.42 Å². The van der Waals surface area contributed by atoms with E-state index in [0.717, 1.165) is 17.7 Å². The molecule has 1 aliphatic rings. The average molecular weight is 379 g/mol. The fraction of sp³-hybridized carbons (Fsp3) is 0.190. The molecule has 4 rings (SSSR count). The van der Waals surface area contributed by atoms with Crippen LogP contribution in [-0.2, 0) is 16.4 Å². The van der Waals surface area contributed by atoms with Crippen molar-refractivity contribution in [1.82, 2.24) is 4.98 Å². The maximum absolute atomic E-state index is 12.5. The highest BCUT2D eigenvalue weighted by molar-refractivity contribution is 7.92. The van der Waals surface area contributed by atoms with Crippen LogP contribution in [0.2, 0.25) is 0 Å². The van der Waals surface area contributed by atoms with Crippen molar-refractivity contribution in [2.75, 3.05) is 9.62 Å². The number of pyridine rings is 1. The molecule has 5 nitrogen and oxygen atoms in total. The van der Waals surface area contributed by atoms with Crippen LogP contribution < -0.4 is 9.62 Å². The predicted molar refractivity (Wildman–Crippen MR) is 108 cm³/mol. The molecule has 138 valence electrons. The lowest BCUT2D eigenvalue weighted by atomic mass is 10.1. The number of nitrogens with zero attached hydrogens (tertiary/aromatic N) is 2. The summed E-state index contributed by atoms with van der Waals surface area (Å²) in [6, 6.07) is 19.1. The number of hydrogen-bond acceptors (Lipinski definition) is 4. The summed E-state index contributed by atoms with van der Waals surface area (Å²) >= 11 is 0. The second kappa shape index (κ2) is 6.70. The van der Waals surface area contributed by atoms with E-state index in [4.69, 9.17) is 0 Å². The zero-order valence-electron chi connectivity index (χ0n) is 15.3. The number of anilines is 3. The monoisotopic (exact) mass is 379 g/mol. The zero-order valence-corrected chi connectivity index (χ0v) is 16.1. The van der Waals surface area contributed by atoms with Crippen molar-refractivity contribution in [2.24, 2.45) is 0 Å². The van der Waals surface area contributed by atoms with Crippen LogP contribution in [-0.4, -0.2) is 19.4 Å². The lowest BCUT2D eigenvalue weighted by Crippen LogP contribution is -2.24. The number of hydrogen-bond donors (Lipinski definition) is 1. The van der Waals surface area contributed by atoms with Crippen molar-refractivity contribution in [3.63, 3.8) is 0 Å². The number of benzene rings is 2. The minimum atomic E-state index is -3.65. The molecule has 0 fully saturated rings. The van der Waals surface area contributed by atoms with Crippen LogP contribution >= 0.6 is 0 Å². The third kappa shape index (κ3) is 3.40. The van der Waals surface area contributed by atoms with Crippen molar-refractivity contribution < 1.29 is 8.42 Å². The van der Waals surface area contributed by atoms with Crippen molar-refractivity contribution >= 4 is 27.2 Å². The number of fused-ring (bicyclic) bond motifs is 1. The van der Waals surface area contributed by atoms with E-state index < -0.39 is 10.0 Å². The van der Waals surface area contributed by atoms with Crippen molar-refractivity contribution in [2.45, 2.75) is 31.2 Å². The minimum absolute atomic E-state index is 0.232. The molecule has 1 unspecified atom stereocenters. The van der Waals surface area contributed by atoms with Crippen molar-refractivity contribution in [1.29, 1.82) is 0 Å². The first-order valence-corrected chi connectivity index (χ1v) is 10.3. The van der Waals surface area contributed by atoms with Gasteiger partial charge >= 0.3 is 0 Å². The highest BCUT2D eigenvalue weighted by Crippen LogP contribution is 2.37. The molecular weight excluding hydrogens is 358 g/mol. The van der Waals surface area contributed by atoms with Gasteiger partial charge in [0.1, 0.15) is 5.82 Å². The average Bonchev–Trinajstić information content (AvgIpc) is 2.98. The third-order valence-electron chi connectivity index (χ3n) is 4.77. The normalized spacial score (nSPS) is 16.2. The molecule has 0 amide bonds. The molecule has 0 radical (unpaired) electrons. The van der Waals surface area contributed by atoms with Gasteiger partial charge in [-0.1, -0.05) is 30.3 Å². The predicted octanol–water partition coefficient (Wildman–Crippen LogP) is 4.27. The van der Waals surface area contributed by atoms with Crippen LogP contribution in [0, 0.1) is 6.92 Å². The molecule has 0 aliphatic carbocycles.